The van der Waals surface area contributed by atoms with Crippen molar-refractivity contribution >= 4 is 22.4 Å². The van der Waals surface area contributed by atoms with Gasteiger partial charge in [0.1, 0.15) is 0 Å². The highest BCUT2D eigenvalue weighted by molar-refractivity contribution is 5.90. The Morgan fingerprint density at radius 1 is 1.14 bits per heavy atom. The number of benzene rings is 1. The van der Waals surface area contributed by atoms with Crippen molar-refractivity contribution in [3.8, 4) is 11.3 Å². The highest BCUT2D eigenvalue weighted by Crippen LogP contribution is 2.23. The number of para-hydroxylation sites is 1. The van der Waals surface area contributed by atoms with Crippen molar-refractivity contribution in [2.75, 3.05) is 0 Å². The Bertz CT molecular complexity index is 885. The Morgan fingerprint density at radius 3 is 2.77 bits per heavy atom. The summed E-state index contributed by atoms with van der Waals surface area (Å²) in [7, 11) is 0. The van der Waals surface area contributed by atoms with Crippen molar-refractivity contribution in [2.45, 2.75) is 6.92 Å². The van der Waals surface area contributed by atoms with Gasteiger partial charge in [-0.25, -0.2) is 9.78 Å². The van der Waals surface area contributed by atoms with Crippen molar-refractivity contribution < 1.29 is 9.90 Å². The Labute approximate surface area is 127 Å². The number of pyridine rings is 2. The molecule has 1 aromatic carbocycles. The highest BCUT2D eigenvalue weighted by Gasteiger charge is 2.05. The molecule has 3 aromatic rings. The fourth-order valence-electron chi connectivity index (χ4n) is 2.29. The van der Waals surface area contributed by atoms with Crippen molar-refractivity contribution in [1.82, 2.24) is 9.97 Å². The molecule has 0 radical (unpaired) electrons. The zero-order valence-electron chi connectivity index (χ0n) is 12.0. The average Bonchev–Trinajstić information content (AvgIpc) is 2.54. The summed E-state index contributed by atoms with van der Waals surface area (Å²) in [5, 5.41) is 9.92. The van der Waals surface area contributed by atoms with E-state index in [1.54, 1.807) is 19.3 Å². The van der Waals surface area contributed by atoms with Crippen LogP contribution < -0.4 is 0 Å². The summed E-state index contributed by atoms with van der Waals surface area (Å²) in [6.07, 6.45) is 4.56. The molecule has 0 saturated heterocycles. The van der Waals surface area contributed by atoms with Gasteiger partial charge in [0.25, 0.3) is 0 Å². The number of carboxylic acids is 1. The molecule has 0 atom stereocenters. The quantitative estimate of drug-likeness (QED) is 0.745. The molecule has 0 unspecified atom stereocenters. The van der Waals surface area contributed by atoms with Crippen molar-refractivity contribution in [2.24, 2.45) is 0 Å². The Balaban J connectivity index is 2.05. The zero-order chi connectivity index (χ0) is 15.5. The molecule has 22 heavy (non-hydrogen) atoms. The van der Waals surface area contributed by atoms with E-state index in [1.165, 1.54) is 6.08 Å². The molecule has 0 aliphatic heterocycles. The van der Waals surface area contributed by atoms with Gasteiger partial charge in [0.15, 0.2) is 0 Å². The first-order valence-corrected chi connectivity index (χ1v) is 6.86. The molecule has 1 N–H and O–H groups in total. The number of aliphatic carboxylic acids is 1. The number of hydrogen-bond acceptors (Lipinski definition) is 3. The minimum absolute atomic E-state index is 0.655. The first kappa shape index (κ1) is 13.9. The fourth-order valence-corrected chi connectivity index (χ4v) is 2.29. The summed E-state index contributed by atoms with van der Waals surface area (Å²) in [6, 6.07) is 13.8. The number of carbonyl (C=O) groups is 1. The number of aromatic nitrogens is 2. The first-order valence-electron chi connectivity index (χ1n) is 6.86. The summed E-state index contributed by atoms with van der Waals surface area (Å²) >= 11 is 0. The molecule has 0 aliphatic carbocycles. The third-order valence-corrected chi connectivity index (χ3v) is 3.43. The second kappa shape index (κ2) is 5.77. The van der Waals surface area contributed by atoms with Crippen molar-refractivity contribution in [3.63, 3.8) is 0 Å². The van der Waals surface area contributed by atoms with Gasteiger partial charge in [-0.3, -0.25) is 4.98 Å². The first-order chi connectivity index (χ1) is 10.6. The third-order valence-electron chi connectivity index (χ3n) is 3.43. The largest absolute Gasteiger partial charge is 0.478 e. The maximum atomic E-state index is 10.8. The van der Waals surface area contributed by atoms with Gasteiger partial charge in [-0.05, 0) is 36.3 Å². The number of carboxylic acid groups (broad SMARTS) is 1. The summed E-state index contributed by atoms with van der Waals surface area (Å²) in [5.74, 6) is -0.966. The molecule has 2 aromatic heterocycles. The molecule has 3 rings (SSSR count). The summed E-state index contributed by atoms with van der Waals surface area (Å²) in [5.41, 5.74) is 4.03. The molecule has 4 heteroatoms. The maximum absolute atomic E-state index is 10.8. The van der Waals surface area contributed by atoms with Crippen LogP contribution in [0.1, 0.15) is 12.5 Å². The van der Waals surface area contributed by atoms with E-state index in [2.05, 4.69) is 9.97 Å². The van der Waals surface area contributed by atoms with Crippen LogP contribution in [0.5, 0.6) is 0 Å². The van der Waals surface area contributed by atoms with Gasteiger partial charge in [0.2, 0.25) is 0 Å². The molecular weight excluding hydrogens is 276 g/mol. The van der Waals surface area contributed by atoms with Gasteiger partial charge in [0, 0.05) is 29.4 Å². The summed E-state index contributed by atoms with van der Waals surface area (Å²) < 4.78 is 0. The van der Waals surface area contributed by atoms with Gasteiger partial charge in [-0.15, -0.1) is 0 Å². The number of rotatable bonds is 3. The van der Waals surface area contributed by atoms with Crippen molar-refractivity contribution in [1.29, 1.82) is 0 Å². The molecule has 0 spiro atoms. The average molecular weight is 290 g/mol. The Kier molecular flexibility index (Phi) is 3.66. The van der Waals surface area contributed by atoms with E-state index in [1.807, 2.05) is 42.5 Å². The third kappa shape index (κ3) is 2.86. The van der Waals surface area contributed by atoms with Gasteiger partial charge in [0.05, 0.1) is 11.2 Å². The lowest BCUT2D eigenvalue weighted by Gasteiger charge is -2.06. The summed E-state index contributed by atoms with van der Waals surface area (Å²) in [6.45, 7) is 1.75. The van der Waals surface area contributed by atoms with Crippen LogP contribution in [0, 0.1) is 0 Å². The van der Waals surface area contributed by atoms with E-state index in [9.17, 15) is 4.79 Å². The molecular formula is C18H14N2O2. The lowest BCUT2D eigenvalue weighted by Crippen LogP contribution is -1.92. The molecule has 0 fully saturated rings. The number of hydrogen-bond donors (Lipinski definition) is 1. The van der Waals surface area contributed by atoms with Crippen molar-refractivity contribution in [3.05, 3.63) is 66.5 Å². The van der Waals surface area contributed by atoms with E-state index in [4.69, 9.17) is 5.11 Å². The van der Waals surface area contributed by atoms with Crippen LogP contribution >= 0.6 is 0 Å². The molecule has 0 bridgehead atoms. The van der Waals surface area contributed by atoms with E-state index in [-0.39, 0.29) is 0 Å². The van der Waals surface area contributed by atoms with Crippen LogP contribution in [0.2, 0.25) is 0 Å². The summed E-state index contributed by atoms with van der Waals surface area (Å²) in [4.78, 5) is 19.6. The number of fused-ring (bicyclic) bond motifs is 1. The van der Waals surface area contributed by atoms with Crippen LogP contribution in [0.3, 0.4) is 0 Å². The number of nitrogens with zero attached hydrogens (tertiary/aromatic N) is 2. The second-order valence-electron chi connectivity index (χ2n) is 5.02. The smallest absolute Gasteiger partial charge is 0.328 e. The van der Waals surface area contributed by atoms with E-state index < -0.39 is 5.97 Å². The van der Waals surface area contributed by atoms with E-state index in [0.717, 1.165) is 27.7 Å². The molecule has 4 nitrogen and oxygen atoms in total. The molecule has 108 valence electrons. The van der Waals surface area contributed by atoms with Crippen LogP contribution in [-0.2, 0) is 4.79 Å². The number of allylic oxidation sites excluding steroid dienone is 1. The Hall–Kier alpha value is -3.01. The predicted molar refractivity (Wildman–Crippen MR) is 86.3 cm³/mol. The molecule has 2 heterocycles. The van der Waals surface area contributed by atoms with Gasteiger partial charge >= 0.3 is 5.97 Å². The second-order valence-corrected chi connectivity index (χ2v) is 5.02. The monoisotopic (exact) mass is 290 g/mol. The zero-order valence-corrected chi connectivity index (χ0v) is 12.0. The topological polar surface area (TPSA) is 63.1 Å². The molecule has 0 saturated carbocycles. The van der Waals surface area contributed by atoms with E-state index >= 15 is 0 Å². The van der Waals surface area contributed by atoms with E-state index in [0.29, 0.717) is 5.57 Å². The van der Waals surface area contributed by atoms with Crippen LogP contribution in [0.15, 0.2) is 60.9 Å². The standard InChI is InChI=1S/C18H14N2O2/c1-12(8-18(21)22)14-9-15(11-19-10-14)17-7-6-13-4-2-3-5-16(13)20-17/h2-11H,1H3,(H,21,22)/b12-8+. The fraction of sp³-hybridized carbons (Fsp3) is 0.0556. The lowest BCUT2D eigenvalue weighted by atomic mass is 10.1. The van der Waals surface area contributed by atoms with Gasteiger partial charge in [-0.1, -0.05) is 24.3 Å². The van der Waals surface area contributed by atoms with Gasteiger partial charge in [-0.2, -0.15) is 0 Å². The Morgan fingerprint density at radius 2 is 1.95 bits per heavy atom. The van der Waals surface area contributed by atoms with Crippen LogP contribution in [-0.4, -0.2) is 21.0 Å². The minimum Gasteiger partial charge on any atom is -0.478 e. The molecule has 0 aliphatic rings. The van der Waals surface area contributed by atoms with Crippen LogP contribution in [0.25, 0.3) is 27.7 Å². The minimum atomic E-state index is -0.966. The lowest BCUT2D eigenvalue weighted by molar-refractivity contribution is -0.131. The SMILES string of the molecule is C/C(=C\C(=O)O)c1cncc(-c2ccc3ccccc3n2)c1. The van der Waals surface area contributed by atoms with Gasteiger partial charge < -0.3 is 5.11 Å². The predicted octanol–water partition coefficient (Wildman–Crippen LogP) is 3.78. The van der Waals surface area contributed by atoms with Crippen LogP contribution in [0.4, 0.5) is 0 Å². The molecule has 0 amide bonds. The normalized spacial score (nSPS) is 11.6. The highest BCUT2D eigenvalue weighted by atomic mass is 16.4. The maximum Gasteiger partial charge on any atom is 0.328 e.